The Bertz CT molecular complexity index is 628. The van der Waals surface area contributed by atoms with Crippen LogP contribution in [0.5, 0.6) is 11.5 Å². The lowest BCUT2D eigenvalue weighted by atomic mass is 9.90. The van der Waals surface area contributed by atoms with E-state index in [0.29, 0.717) is 12.4 Å². The Balaban J connectivity index is 0.00000192. The van der Waals surface area contributed by atoms with Crippen LogP contribution in [0.15, 0.2) is 30.6 Å². The second kappa shape index (κ2) is 7.12. The number of hydrogen-bond acceptors (Lipinski definition) is 3. The van der Waals surface area contributed by atoms with Crippen LogP contribution in [-0.2, 0) is 6.42 Å². The number of nitrogens with zero attached hydrogens (tertiary/aromatic N) is 1. The van der Waals surface area contributed by atoms with Crippen molar-refractivity contribution < 1.29 is 22.6 Å². The van der Waals surface area contributed by atoms with Crippen molar-refractivity contribution in [1.29, 1.82) is 0 Å². The third-order valence-corrected chi connectivity index (χ3v) is 3.63. The van der Waals surface area contributed by atoms with Crippen LogP contribution < -0.4 is 9.47 Å². The average Bonchev–Trinajstić information content (AvgIpc) is 2.94. The summed E-state index contributed by atoms with van der Waals surface area (Å²) >= 11 is 0. The predicted molar refractivity (Wildman–Crippen MR) is 80.1 cm³/mol. The Kier molecular flexibility index (Phi) is 5.41. The molecule has 23 heavy (non-hydrogen) atoms. The van der Waals surface area contributed by atoms with Crippen molar-refractivity contribution in [3.63, 3.8) is 0 Å². The summed E-state index contributed by atoms with van der Waals surface area (Å²) in [5, 5.41) is 0. The summed E-state index contributed by atoms with van der Waals surface area (Å²) in [4.78, 5) is 7.45. The number of imidazole rings is 1. The van der Waals surface area contributed by atoms with E-state index < -0.39 is 6.36 Å². The average molecular weight is 349 g/mol. The number of halogens is 4. The summed E-state index contributed by atoms with van der Waals surface area (Å²) in [5.74, 6) is 0.463. The van der Waals surface area contributed by atoms with E-state index in [0.717, 1.165) is 30.7 Å². The van der Waals surface area contributed by atoms with E-state index in [1.165, 1.54) is 24.3 Å². The topological polar surface area (TPSA) is 47.1 Å². The highest BCUT2D eigenvalue weighted by Gasteiger charge is 2.31. The minimum Gasteiger partial charge on any atom is -0.493 e. The number of fused-ring (bicyclic) bond motifs is 1. The smallest absolute Gasteiger partial charge is 0.493 e. The monoisotopic (exact) mass is 348 g/mol. The Hall–Kier alpha value is -1.89. The number of aromatic nitrogens is 2. The lowest BCUT2D eigenvalue weighted by Crippen LogP contribution is -2.17. The highest BCUT2D eigenvalue weighted by Crippen LogP contribution is 2.30. The van der Waals surface area contributed by atoms with Crippen molar-refractivity contribution in [2.45, 2.75) is 31.5 Å². The molecule has 126 valence electrons. The molecule has 1 aliphatic carbocycles. The molecule has 0 amide bonds. The lowest BCUT2D eigenvalue weighted by Gasteiger charge is -2.21. The van der Waals surface area contributed by atoms with Crippen LogP contribution in [0.1, 0.15) is 30.1 Å². The summed E-state index contributed by atoms with van der Waals surface area (Å²) in [6.07, 6.45) is 0.0666. The van der Waals surface area contributed by atoms with Gasteiger partial charge in [-0.1, -0.05) is 0 Å². The number of nitrogens with one attached hydrogen (secondary N) is 1. The molecule has 1 aliphatic rings. The molecule has 0 fully saturated rings. The molecular formula is C15H16ClF3N2O2. The molecule has 0 radical (unpaired) electrons. The Morgan fingerprint density at radius 3 is 2.57 bits per heavy atom. The van der Waals surface area contributed by atoms with Gasteiger partial charge in [-0.25, -0.2) is 4.98 Å². The first-order valence-corrected chi connectivity index (χ1v) is 7.02. The Morgan fingerprint density at radius 2 is 1.87 bits per heavy atom. The molecule has 1 atom stereocenters. The van der Waals surface area contributed by atoms with E-state index in [1.54, 1.807) is 6.33 Å². The predicted octanol–water partition coefficient (Wildman–Crippen LogP) is 4.23. The van der Waals surface area contributed by atoms with Gasteiger partial charge in [0.1, 0.15) is 11.5 Å². The first kappa shape index (κ1) is 17.5. The van der Waals surface area contributed by atoms with Gasteiger partial charge in [0.05, 0.1) is 18.6 Å². The van der Waals surface area contributed by atoms with Crippen LogP contribution in [0.4, 0.5) is 13.2 Å². The minimum atomic E-state index is -4.68. The van der Waals surface area contributed by atoms with Crippen molar-refractivity contribution in [3.8, 4) is 11.5 Å². The largest absolute Gasteiger partial charge is 0.573 e. The van der Waals surface area contributed by atoms with Crippen LogP contribution in [0.2, 0.25) is 0 Å². The van der Waals surface area contributed by atoms with E-state index in [2.05, 4.69) is 14.7 Å². The van der Waals surface area contributed by atoms with Crippen molar-refractivity contribution in [1.82, 2.24) is 9.97 Å². The summed E-state index contributed by atoms with van der Waals surface area (Å²) in [6, 6.07) is 5.41. The number of aromatic amines is 1. The number of rotatable bonds is 4. The summed E-state index contributed by atoms with van der Waals surface area (Å²) in [6.45, 7) is 0.456. The standard InChI is InChI=1S/C15H15F3N2O2.ClH/c16-15(17,18)22-12-6-4-11(5-7-12)21-8-10-2-1-3-13-14(10)20-9-19-13;/h4-7,9-10H,1-3,8H2,(H,19,20);1H. The third-order valence-electron chi connectivity index (χ3n) is 3.63. The SMILES string of the molecule is Cl.FC(F)(F)Oc1ccc(OCC2CCCc3[nH]cnc32)cc1. The quantitative estimate of drug-likeness (QED) is 0.899. The van der Waals surface area contributed by atoms with Crippen LogP contribution in [0.25, 0.3) is 0 Å². The lowest BCUT2D eigenvalue weighted by molar-refractivity contribution is -0.274. The van der Waals surface area contributed by atoms with E-state index in [-0.39, 0.29) is 24.1 Å². The number of aryl methyl sites for hydroxylation is 1. The molecule has 1 aromatic heterocycles. The molecule has 4 nitrogen and oxygen atoms in total. The Morgan fingerprint density at radius 1 is 1.17 bits per heavy atom. The van der Waals surface area contributed by atoms with Crippen molar-refractivity contribution in [2.75, 3.05) is 6.61 Å². The van der Waals surface area contributed by atoms with Gasteiger partial charge in [-0.05, 0) is 43.5 Å². The fourth-order valence-corrected chi connectivity index (χ4v) is 2.64. The molecule has 1 heterocycles. The first-order chi connectivity index (χ1) is 10.5. The maximum absolute atomic E-state index is 12.1. The first-order valence-electron chi connectivity index (χ1n) is 7.02. The zero-order chi connectivity index (χ0) is 15.6. The second-order valence-corrected chi connectivity index (χ2v) is 5.19. The highest BCUT2D eigenvalue weighted by atomic mass is 35.5. The normalized spacial score (nSPS) is 17.1. The number of alkyl halides is 3. The van der Waals surface area contributed by atoms with Crippen LogP contribution in [-0.4, -0.2) is 22.9 Å². The van der Waals surface area contributed by atoms with Gasteiger partial charge in [-0.3, -0.25) is 0 Å². The second-order valence-electron chi connectivity index (χ2n) is 5.19. The van der Waals surface area contributed by atoms with Crippen molar-refractivity contribution in [3.05, 3.63) is 42.0 Å². The van der Waals surface area contributed by atoms with Gasteiger partial charge in [0.15, 0.2) is 0 Å². The molecule has 1 aromatic carbocycles. The van der Waals surface area contributed by atoms with Gasteiger partial charge in [-0.2, -0.15) is 0 Å². The molecule has 2 aromatic rings. The van der Waals surface area contributed by atoms with Crippen LogP contribution in [0.3, 0.4) is 0 Å². The summed E-state index contributed by atoms with van der Waals surface area (Å²) in [5.41, 5.74) is 2.18. The molecule has 3 rings (SSSR count). The molecule has 8 heteroatoms. The van der Waals surface area contributed by atoms with Gasteiger partial charge in [0.2, 0.25) is 0 Å². The number of ether oxygens (including phenoxy) is 2. The van der Waals surface area contributed by atoms with Gasteiger partial charge >= 0.3 is 6.36 Å². The molecule has 0 saturated heterocycles. The molecule has 1 N–H and O–H groups in total. The molecule has 0 aliphatic heterocycles. The van der Waals surface area contributed by atoms with Crippen LogP contribution >= 0.6 is 12.4 Å². The van der Waals surface area contributed by atoms with E-state index >= 15 is 0 Å². The maximum Gasteiger partial charge on any atom is 0.573 e. The number of H-pyrrole nitrogens is 1. The zero-order valence-electron chi connectivity index (χ0n) is 12.1. The molecule has 0 saturated carbocycles. The van der Waals surface area contributed by atoms with Gasteiger partial charge in [0.25, 0.3) is 0 Å². The van der Waals surface area contributed by atoms with Crippen LogP contribution in [0, 0.1) is 0 Å². The minimum absolute atomic E-state index is 0. The van der Waals surface area contributed by atoms with E-state index in [1.807, 2.05) is 0 Å². The zero-order valence-corrected chi connectivity index (χ0v) is 12.9. The maximum atomic E-state index is 12.1. The summed E-state index contributed by atoms with van der Waals surface area (Å²) < 4.78 is 45.7. The fourth-order valence-electron chi connectivity index (χ4n) is 2.64. The van der Waals surface area contributed by atoms with Gasteiger partial charge < -0.3 is 14.5 Å². The van der Waals surface area contributed by atoms with Crippen molar-refractivity contribution >= 4 is 12.4 Å². The number of hydrogen-bond donors (Lipinski definition) is 1. The molecule has 0 spiro atoms. The van der Waals surface area contributed by atoms with Crippen molar-refractivity contribution in [2.24, 2.45) is 0 Å². The summed E-state index contributed by atoms with van der Waals surface area (Å²) in [7, 11) is 0. The molecule has 0 bridgehead atoms. The van der Waals surface area contributed by atoms with E-state index in [4.69, 9.17) is 4.74 Å². The van der Waals surface area contributed by atoms with Gasteiger partial charge in [-0.15, -0.1) is 25.6 Å². The van der Waals surface area contributed by atoms with Gasteiger partial charge in [0, 0.05) is 11.6 Å². The molecular weight excluding hydrogens is 333 g/mol. The molecule has 1 unspecified atom stereocenters. The Labute approximate surface area is 137 Å². The number of benzene rings is 1. The third kappa shape index (κ3) is 4.54. The highest BCUT2D eigenvalue weighted by molar-refractivity contribution is 5.85. The van der Waals surface area contributed by atoms with E-state index in [9.17, 15) is 13.2 Å². The fraction of sp³-hybridized carbons (Fsp3) is 0.400.